The van der Waals surface area contributed by atoms with Gasteiger partial charge in [0.25, 0.3) is 0 Å². The number of esters is 1. The summed E-state index contributed by atoms with van der Waals surface area (Å²) in [6.07, 6.45) is -0.179. The average molecular weight is 308 g/mol. The molecule has 0 atom stereocenters. The Balaban J connectivity index is 4.40. The Hall–Kier alpha value is -1.15. The Morgan fingerprint density at radius 1 is 1.25 bits per heavy atom. The highest BCUT2D eigenvalue weighted by Gasteiger charge is 2.19. The molecular formula is C12H24N2O5S. The van der Waals surface area contributed by atoms with Gasteiger partial charge in [-0.3, -0.25) is 14.5 Å². The number of amides is 1. The topological polar surface area (TPSA) is 107 Å². The molecule has 0 radical (unpaired) electrons. The van der Waals surface area contributed by atoms with E-state index >= 15 is 0 Å². The predicted octanol–water partition coefficient (Wildman–Crippen LogP) is -0.450. The quantitative estimate of drug-likeness (QED) is 0.548. The summed E-state index contributed by atoms with van der Waals surface area (Å²) >= 11 is 0. The zero-order chi connectivity index (χ0) is 15.8. The fourth-order valence-corrected chi connectivity index (χ4v) is 2.74. The van der Waals surface area contributed by atoms with E-state index in [4.69, 9.17) is 10.5 Å². The fourth-order valence-electron chi connectivity index (χ4n) is 1.51. The van der Waals surface area contributed by atoms with E-state index in [1.807, 2.05) is 13.8 Å². The molecule has 0 bridgehead atoms. The summed E-state index contributed by atoms with van der Waals surface area (Å²) in [6, 6.07) is 0.0192. The van der Waals surface area contributed by atoms with Gasteiger partial charge >= 0.3 is 5.97 Å². The van der Waals surface area contributed by atoms with E-state index in [0.29, 0.717) is 6.61 Å². The summed E-state index contributed by atoms with van der Waals surface area (Å²) in [5.41, 5.74) is 4.93. The molecule has 7 nitrogen and oxygen atoms in total. The van der Waals surface area contributed by atoms with E-state index in [0.717, 1.165) is 0 Å². The van der Waals surface area contributed by atoms with Crippen molar-refractivity contribution >= 4 is 21.7 Å². The molecule has 0 heterocycles. The maximum absolute atomic E-state index is 11.7. The Bertz CT molecular complexity index is 420. The summed E-state index contributed by atoms with van der Waals surface area (Å²) in [5, 5.41) is 0. The number of carbonyl (C=O) groups is 2. The number of hydrogen-bond donors (Lipinski definition) is 1. The van der Waals surface area contributed by atoms with E-state index in [1.54, 1.807) is 11.8 Å². The van der Waals surface area contributed by atoms with Crippen LogP contribution in [0.5, 0.6) is 0 Å². The molecule has 0 saturated heterocycles. The monoisotopic (exact) mass is 308 g/mol. The van der Waals surface area contributed by atoms with Gasteiger partial charge in [0.05, 0.1) is 24.7 Å². The lowest BCUT2D eigenvalue weighted by Gasteiger charge is -2.25. The lowest BCUT2D eigenvalue weighted by atomic mass is 10.3. The summed E-state index contributed by atoms with van der Waals surface area (Å²) < 4.78 is 28.3. The summed E-state index contributed by atoms with van der Waals surface area (Å²) in [5.74, 6) is -1.39. The number of ether oxygens (including phenoxy) is 1. The van der Waals surface area contributed by atoms with E-state index in [1.165, 1.54) is 0 Å². The molecule has 2 N–H and O–H groups in total. The average Bonchev–Trinajstić information content (AvgIpc) is 2.32. The van der Waals surface area contributed by atoms with Crippen LogP contribution in [0.2, 0.25) is 0 Å². The first-order valence-electron chi connectivity index (χ1n) is 6.56. The van der Waals surface area contributed by atoms with Gasteiger partial charge in [0.2, 0.25) is 5.91 Å². The number of rotatable bonds is 10. The molecule has 0 fully saturated rings. The van der Waals surface area contributed by atoms with Crippen LogP contribution in [0.1, 0.15) is 27.2 Å². The highest BCUT2D eigenvalue weighted by Crippen LogP contribution is 2.02. The van der Waals surface area contributed by atoms with E-state index < -0.39 is 15.7 Å². The van der Waals surface area contributed by atoms with Gasteiger partial charge in [-0.15, -0.1) is 0 Å². The summed E-state index contributed by atoms with van der Waals surface area (Å²) in [7, 11) is -3.35. The van der Waals surface area contributed by atoms with Crippen molar-refractivity contribution in [3.05, 3.63) is 0 Å². The standard InChI is InChI=1S/C12H24N2O5S/c1-4-19-12(16)9-14(10(2)3)6-8-20(17,18)7-5-11(13)15/h10H,4-9H2,1-3H3,(H2,13,15). The molecule has 0 saturated carbocycles. The minimum Gasteiger partial charge on any atom is -0.465 e. The Kier molecular flexibility index (Phi) is 8.40. The molecule has 0 aromatic heterocycles. The molecular weight excluding hydrogens is 284 g/mol. The molecule has 0 aliphatic heterocycles. The number of nitrogens with zero attached hydrogens (tertiary/aromatic N) is 1. The van der Waals surface area contributed by atoms with Gasteiger partial charge in [-0.2, -0.15) is 0 Å². The molecule has 0 aliphatic carbocycles. The van der Waals surface area contributed by atoms with Crippen molar-refractivity contribution in [1.29, 1.82) is 0 Å². The van der Waals surface area contributed by atoms with Crippen molar-refractivity contribution in [1.82, 2.24) is 4.90 Å². The lowest BCUT2D eigenvalue weighted by molar-refractivity contribution is -0.144. The van der Waals surface area contributed by atoms with Crippen LogP contribution >= 0.6 is 0 Å². The van der Waals surface area contributed by atoms with Crippen molar-refractivity contribution in [2.24, 2.45) is 5.73 Å². The van der Waals surface area contributed by atoms with Gasteiger partial charge in [0, 0.05) is 19.0 Å². The van der Waals surface area contributed by atoms with Gasteiger partial charge < -0.3 is 10.5 Å². The van der Waals surface area contributed by atoms with Crippen LogP contribution in [0.15, 0.2) is 0 Å². The van der Waals surface area contributed by atoms with Crippen molar-refractivity contribution in [3.63, 3.8) is 0 Å². The first kappa shape index (κ1) is 18.9. The lowest BCUT2D eigenvalue weighted by Crippen LogP contribution is -2.40. The molecule has 0 unspecified atom stereocenters. The smallest absolute Gasteiger partial charge is 0.320 e. The number of nitrogens with two attached hydrogens (primary N) is 1. The van der Waals surface area contributed by atoms with Crippen LogP contribution in [0.4, 0.5) is 0 Å². The van der Waals surface area contributed by atoms with Gasteiger partial charge in [-0.1, -0.05) is 0 Å². The second kappa shape index (κ2) is 8.91. The third kappa shape index (κ3) is 8.87. The molecule has 118 valence electrons. The van der Waals surface area contributed by atoms with Crippen molar-refractivity contribution < 1.29 is 22.7 Å². The molecule has 0 aliphatic rings. The Labute approximate surface area is 120 Å². The van der Waals surface area contributed by atoms with Gasteiger partial charge in [-0.05, 0) is 20.8 Å². The minimum absolute atomic E-state index is 0.0192. The van der Waals surface area contributed by atoms with E-state index in [-0.39, 0.29) is 43.0 Å². The highest BCUT2D eigenvalue weighted by molar-refractivity contribution is 7.91. The van der Waals surface area contributed by atoms with Crippen molar-refractivity contribution in [3.8, 4) is 0 Å². The second-order valence-electron chi connectivity index (χ2n) is 4.74. The second-order valence-corrected chi connectivity index (χ2v) is 7.04. The summed E-state index contributed by atoms with van der Waals surface area (Å²) in [6.45, 7) is 6.02. The highest BCUT2D eigenvalue weighted by atomic mass is 32.2. The predicted molar refractivity (Wildman–Crippen MR) is 75.8 cm³/mol. The SMILES string of the molecule is CCOC(=O)CN(CCS(=O)(=O)CCC(N)=O)C(C)C. The molecule has 0 aromatic rings. The van der Waals surface area contributed by atoms with Crippen LogP contribution < -0.4 is 5.73 Å². The number of hydrogen-bond acceptors (Lipinski definition) is 6. The van der Waals surface area contributed by atoms with Crippen LogP contribution in [0.3, 0.4) is 0 Å². The Morgan fingerprint density at radius 2 is 1.85 bits per heavy atom. The van der Waals surface area contributed by atoms with E-state index in [2.05, 4.69) is 0 Å². The van der Waals surface area contributed by atoms with Crippen LogP contribution in [0, 0.1) is 0 Å². The molecule has 0 rings (SSSR count). The summed E-state index contributed by atoms with van der Waals surface area (Å²) in [4.78, 5) is 23.7. The number of primary amides is 1. The van der Waals surface area contributed by atoms with Crippen molar-refractivity contribution in [2.45, 2.75) is 33.2 Å². The third-order valence-corrected chi connectivity index (χ3v) is 4.35. The maximum Gasteiger partial charge on any atom is 0.320 e. The first-order chi connectivity index (χ1) is 9.18. The Morgan fingerprint density at radius 3 is 2.30 bits per heavy atom. The fraction of sp³-hybridized carbons (Fsp3) is 0.833. The van der Waals surface area contributed by atoms with Gasteiger partial charge in [-0.25, -0.2) is 8.42 Å². The molecule has 0 aromatic carbocycles. The molecule has 1 amide bonds. The first-order valence-corrected chi connectivity index (χ1v) is 8.38. The van der Waals surface area contributed by atoms with Gasteiger partial charge in [0.15, 0.2) is 9.84 Å². The largest absolute Gasteiger partial charge is 0.465 e. The van der Waals surface area contributed by atoms with Crippen molar-refractivity contribution in [2.75, 3.05) is 31.2 Å². The third-order valence-electron chi connectivity index (χ3n) is 2.72. The maximum atomic E-state index is 11.7. The number of carbonyl (C=O) groups excluding carboxylic acids is 2. The van der Waals surface area contributed by atoms with E-state index in [9.17, 15) is 18.0 Å². The molecule has 20 heavy (non-hydrogen) atoms. The van der Waals surface area contributed by atoms with Crippen LogP contribution in [-0.4, -0.2) is 62.4 Å². The zero-order valence-corrected chi connectivity index (χ0v) is 13.1. The van der Waals surface area contributed by atoms with Crippen LogP contribution in [-0.2, 0) is 24.2 Å². The molecule has 8 heteroatoms. The minimum atomic E-state index is -3.35. The zero-order valence-electron chi connectivity index (χ0n) is 12.3. The van der Waals surface area contributed by atoms with Gasteiger partial charge in [0.1, 0.15) is 0 Å². The van der Waals surface area contributed by atoms with Crippen LogP contribution in [0.25, 0.3) is 0 Å². The normalized spacial score (nSPS) is 11.8. The molecule has 0 spiro atoms. The number of sulfone groups is 1.